The average Bonchev–Trinajstić information content (AvgIpc) is 2.50. The van der Waals surface area contributed by atoms with Crippen LogP contribution in [0.2, 0.25) is 0 Å². The van der Waals surface area contributed by atoms with E-state index < -0.39 is 5.60 Å². The second-order valence-electron chi connectivity index (χ2n) is 5.30. The predicted molar refractivity (Wildman–Crippen MR) is 76.9 cm³/mol. The zero-order valence-electron chi connectivity index (χ0n) is 12.5. The lowest BCUT2D eigenvalue weighted by Crippen LogP contribution is -2.50. The van der Waals surface area contributed by atoms with Gasteiger partial charge >= 0.3 is 5.97 Å². The summed E-state index contributed by atoms with van der Waals surface area (Å²) in [6, 6.07) is 10.1. The molecule has 0 saturated carbocycles. The van der Waals surface area contributed by atoms with Crippen molar-refractivity contribution in [3.05, 3.63) is 35.9 Å². The lowest BCUT2D eigenvalue weighted by atomic mass is 9.77. The Kier molecular flexibility index (Phi) is 4.78. The predicted octanol–water partition coefficient (Wildman–Crippen LogP) is 2.74. The molecular weight excluding hydrogens is 254 g/mol. The van der Waals surface area contributed by atoms with Crippen LogP contribution in [0.1, 0.15) is 32.3 Å². The summed E-state index contributed by atoms with van der Waals surface area (Å²) in [5.41, 5.74) is 0.536. The molecule has 1 fully saturated rings. The monoisotopic (exact) mass is 277 g/mol. The van der Waals surface area contributed by atoms with Crippen LogP contribution in [0.25, 0.3) is 0 Å². The van der Waals surface area contributed by atoms with Gasteiger partial charge in [-0.1, -0.05) is 44.2 Å². The number of hydrogen-bond donors (Lipinski definition) is 0. The van der Waals surface area contributed by atoms with Crippen LogP contribution >= 0.6 is 0 Å². The minimum Gasteiger partial charge on any atom is -0.454 e. The van der Waals surface area contributed by atoms with E-state index in [1.165, 1.54) is 0 Å². The molecule has 0 radical (unpaired) electrons. The van der Waals surface area contributed by atoms with E-state index in [1.807, 2.05) is 42.3 Å². The van der Waals surface area contributed by atoms with Gasteiger partial charge in [-0.3, -0.25) is 4.79 Å². The number of ether oxygens (including phenoxy) is 1. The molecule has 0 amide bonds. The smallest absolute Gasteiger partial charge is 0.306 e. The van der Waals surface area contributed by atoms with Crippen LogP contribution in [0.5, 0.6) is 0 Å². The lowest BCUT2D eigenvalue weighted by Gasteiger charge is -2.45. The van der Waals surface area contributed by atoms with E-state index >= 15 is 0 Å². The van der Waals surface area contributed by atoms with E-state index in [4.69, 9.17) is 9.57 Å². The Balaban J connectivity index is 2.32. The molecule has 4 heteroatoms. The van der Waals surface area contributed by atoms with Gasteiger partial charge in [-0.25, -0.2) is 0 Å². The number of carbonyl (C=O) groups is 1. The molecule has 0 spiro atoms. The van der Waals surface area contributed by atoms with Crippen LogP contribution in [0.4, 0.5) is 0 Å². The molecule has 1 saturated heterocycles. The van der Waals surface area contributed by atoms with E-state index in [1.54, 1.807) is 7.11 Å². The Labute approximate surface area is 120 Å². The van der Waals surface area contributed by atoms with Crippen LogP contribution in [-0.4, -0.2) is 31.2 Å². The van der Waals surface area contributed by atoms with Crippen LogP contribution in [0.3, 0.4) is 0 Å². The van der Waals surface area contributed by atoms with Gasteiger partial charge in [-0.05, 0) is 5.56 Å². The zero-order valence-corrected chi connectivity index (χ0v) is 12.5. The molecule has 0 unspecified atom stereocenters. The molecule has 2 rings (SSSR count). The molecule has 0 aromatic heterocycles. The molecule has 20 heavy (non-hydrogen) atoms. The normalized spacial score (nSPS) is 27.2. The third-order valence-corrected chi connectivity index (χ3v) is 4.11. The first-order valence-corrected chi connectivity index (χ1v) is 7.18. The fourth-order valence-electron chi connectivity index (χ4n) is 2.88. The van der Waals surface area contributed by atoms with Gasteiger partial charge in [0.25, 0.3) is 0 Å². The molecular formula is C16H23NO3. The van der Waals surface area contributed by atoms with Gasteiger partial charge in [-0.2, -0.15) is 5.06 Å². The quantitative estimate of drug-likeness (QED) is 0.793. The van der Waals surface area contributed by atoms with Crippen molar-refractivity contribution in [3.63, 3.8) is 0 Å². The molecule has 1 aliphatic rings. The van der Waals surface area contributed by atoms with Crippen molar-refractivity contribution in [1.29, 1.82) is 0 Å². The average molecular weight is 277 g/mol. The summed E-state index contributed by atoms with van der Waals surface area (Å²) >= 11 is 0. The van der Waals surface area contributed by atoms with E-state index in [9.17, 15) is 4.79 Å². The van der Waals surface area contributed by atoms with Gasteiger partial charge in [0.15, 0.2) is 0 Å². The summed E-state index contributed by atoms with van der Waals surface area (Å²) in [4.78, 5) is 17.2. The van der Waals surface area contributed by atoms with E-state index in [0.717, 1.165) is 25.1 Å². The van der Waals surface area contributed by atoms with Gasteiger partial charge in [0.2, 0.25) is 0 Å². The number of hydroxylamine groups is 2. The highest BCUT2D eigenvalue weighted by Gasteiger charge is 2.45. The second kappa shape index (κ2) is 6.37. The molecule has 0 bridgehead atoms. The topological polar surface area (TPSA) is 38.8 Å². The summed E-state index contributed by atoms with van der Waals surface area (Å²) in [5, 5.41) is 1.92. The highest BCUT2D eigenvalue weighted by molar-refractivity contribution is 5.69. The maximum atomic E-state index is 11.9. The van der Waals surface area contributed by atoms with Gasteiger partial charge in [0.1, 0.15) is 5.60 Å². The molecule has 0 aliphatic carbocycles. The number of nitrogens with zero attached hydrogens (tertiary/aromatic N) is 1. The number of piperidine rings is 1. The Bertz CT molecular complexity index is 448. The summed E-state index contributed by atoms with van der Waals surface area (Å²) in [7, 11) is 1.68. The fraction of sp³-hybridized carbons (Fsp3) is 0.562. The van der Waals surface area contributed by atoms with Gasteiger partial charge in [0, 0.05) is 31.8 Å². The van der Waals surface area contributed by atoms with Crippen molar-refractivity contribution in [1.82, 2.24) is 5.06 Å². The van der Waals surface area contributed by atoms with E-state index in [2.05, 4.69) is 6.92 Å². The summed E-state index contributed by atoms with van der Waals surface area (Å²) in [6.07, 6.45) is 1.15. The Morgan fingerprint density at radius 3 is 2.65 bits per heavy atom. The Morgan fingerprint density at radius 1 is 1.40 bits per heavy atom. The third kappa shape index (κ3) is 2.86. The summed E-state index contributed by atoms with van der Waals surface area (Å²) in [5.74, 6) is 0.0284. The standard InChI is InChI=1S/C16H23NO3/c1-4-15(18)20-16(14-8-6-5-7-9-14)10-11-17(19-3)12-13(16)2/h5-9,13H,4,10-12H2,1-3H3/t13-,16-/m0/s1. The zero-order chi connectivity index (χ0) is 14.6. The van der Waals surface area contributed by atoms with Crippen LogP contribution < -0.4 is 0 Å². The molecule has 1 aliphatic heterocycles. The van der Waals surface area contributed by atoms with Crippen LogP contribution in [0, 0.1) is 5.92 Å². The summed E-state index contributed by atoms with van der Waals surface area (Å²) in [6.45, 7) is 5.45. The fourth-order valence-corrected chi connectivity index (χ4v) is 2.88. The highest BCUT2D eigenvalue weighted by atomic mass is 16.7. The molecule has 2 atom stereocenters. The Hall–Kier alpha value is -1.39. The van der Waals surface area contributed by atoms with Crippen molar-refractivity contribution in [3.8, 4) is 0 Å². The van der Waals surface area contributed by atoms with Crippen molar-refractivity contribution in [2.45, 2.75) is 32.3 Å². The van der Waals surface area contributed by atoms with Crippen LogP contribution in [-0.2, 0) is 20.0 Å². The number of esters is 1. The largest absolute Gasteiger partial charge is 0.454 e. The first-order valence-electron chi connectivity index (χ1n) is 7.18. The molecule has 1 aromatic rings. The number of rotatable bonds is 4. The second-order valence-corrected chi connectivity index (χ2v) is 5.30. The number of carbonyl (C=O) groups excluding carboxylic acids is 1. The van der Waals surface area contributed by atoms with Gasteiger partial charge < -0.3 is 9.57 Å². The van der Waals surface area contributed by atoms with Crippen LogP contribution in [0.15, 0.2) is 30.3 Å². The highest BCUT2D eigenvalue weighted by Crippen LogP contribution is 2.41. The minimum absolute atomic E-state index is 0.147. The lowest BCUT2D eigenvalue weighted by molar-refractivity contribution is -0.212. The molecule has 1 heterocycles. The van der Waals surface area contributed by atoms with E-state index in [-0.39, 0.29) is 11.9 Å². The number of hydrogen-bond acceptors (Lipinski definition) is 4. The van der Waals surface area contributed by atoms with Crippen molar-refractivity contribution >= 4 is 5.97 Å². The SMILES string of the molecule is CCC(=O)O[C@@]1(c2ccccc2)CCN(OC)C[C@@H]1C. The van der Waals surface area contributed by atoms with E-state index in [0.29, 0.717) is 6.42 Å². The Morgan fingerprint density at radius 2 is 2.10 bits per heavy atom. The molecule has 1 aromatic carbocycles. The summed E-state index contributed by atoms with van der Waals surface area (Å²) < 4.78 is 5.90. The molecule has 110 valence electrons. The first kappa shape index (κ1) is 15.0. The maximum Gasteiger partial charge on any atom is 0.306 e. The van der Waals surface area contributed by atoms with Crippen molar-refractivity contribution in [2.75, 3.05) is 20.2 Å². The maximum absolute atomic E-state index is 11.9. The van der Waals surface area contributed by atoms with Crippen molar-refractivity contribution < 1.29 is 14.4 Å². The minimum atomic E-state index is -0.538. The van der Waals surface area contributed by atoms with Gasteiger partial charge in [-0.15, -0.1) is 0 Å². The number of benzene rings is 1. The third-order valence-electron chi connectivity index (χ3n) is 4.11. The van der Waals surface area contributed by atoms with Gasteiger partial charge in [0.05, 0.1) is 7.11 Å². The molecule has 4 nitrogen and oxygen atoms in total. The first-order chi connectivity index (χ1) is 9.62. The molecule has 0 N–H and O–H groups in total. The van der Waals surface area contributed by atoms with Crippen molar-refractivity contribution in [2.24, 2.45) is 5.92 Å².